The number of fused-ring (bicyclic) bond motifs is 5. The maximum Gasteiger partial charge on any atom is 0.247 e. The largest absolute Gasteiger partial charge is 0.357 e. The molecule has 3 aliphatic rings. The van der Waals surface area contributed by atoms with Crippen molar-refractivity contribution in [3.8, 4) is 0 Å². The van der Waals surface area contributed by atoms with Gasteiger partial charge in [-0.05, 0) is 65.7 Å². The first-order valence-electron chi connectivity index (χ1n) is 11.2. The molecule has 4 unspecified atom stereocenters. The molecule has 3 aromatic carbocycles. The number of halogens is 2. The Morgan fingerprint density at radius 3 is 2.31 bits per heavy atom. The topological polar surface area (TPSA) is 69.7 Å². The smallest absolute Gasteiger partial charge is 0.247 e. The molecule has 0 radical (unpaired) electrons. The molecule has 8 heteroatoms. The fraction of sp³-hybridized carbons (Fsp3) is 0.148. The van der Waals surface area contributed by atoms with Crippen LogP contribution in [0.25, 0.3) is 6.08 Å². The number of rotatable bonds is 3. The third-order valence-corrected chi connectivity index (χ3v) is 7.71. The Hall–Kier alpha value is -3.42. The highest BCUT2D eigenvalue weighted by molar-refractivity contribution is 9.10. The summed E-state index contributed by atoms with van der Waals surface area (Å²) in [6, 6.07) is 20.4. The monoisotopic (exact) mass is 547 g/mol. The average Bonchev–Trinajstić information content (AvgIpc) is 3.34. The minimum absolute atomic E-state index is 0.288. The highest BCUT2D eigenvalue weighted by atomic mass is 79.9. The van der Waals surface area contributed by atoms with Crippen molar-refractivity contribution in [1.82, 2.24) is 4.90 Å². The van der Waals surface area contributed by atoms with Gasteiger partial charge in [0.2, 0.25) is 17.7 Å². The lowest BCUT2D eigenvalue weighted by Gasteiger charge is -2.35. The lowest BCUT2D eigenvalue weighted by Crippen LogP contribution is -2.46. The van der Waals surface area contributed by atoms with Crippen molar-refractivity contribution in [2.75, 3.05) is 10.2 Å². The Labute approximate surface area is 215 Å². The third kappa shape index (κ3) is 3.49. The van der Waals surface area contributed by atoms with Gasteiger partial charge < -0.3 is 10.2 Å². The van der Waals surface area contributed by atoms with E-state index in [9.17, 15) is 14.4 Å². The molecule has 0 bridgehead atoms. The van der Waals surface area contributed by atoms with Gasteiger partial charge in [-0.25, -0.2) is 4.90 Å². The molecule has 0 saturated carbocycles. The summed E-state index contributed by atoms with van der Waals surface area (Å²) < 4.78 is 0.846. The third-order valence-electron chi connectivity index (χ3n) is 6.93. The van der Waals surface area contributed by atoms with E-state index in [1.807, 2.05) is 41.4 Å². The van der Waals surface area contributed by atoms with Crippen LogP contribution < -0.4 is 10.2 Å². The van der Waals surface area contributed by atoms with Crippen LogP contribution in [0.2, 0.25) is 5.02 Å². The first-order valence-corrected chi connectivity index (χ1v) is 12.4. The number of amides is 3. The Bertz CT molecular complexity index is 1390. The molecule has 174 valence electrons. The predicted molar refractivity (Wildman–Crippen MR) is 138 cm³/mol. The first kappa shape index (κ1) is 22.1. The van der Waals surface area contributed by atoms with Gasteiger partial charge >= 0.3 is 0 Å². The van der Waals surface area contributed by atoms with Crippen LogP contribution >= 0.6 is 27.5 Å². The van der Waals surface area contributed by atoms with Gasteiger partial charge in [0, 0.05) is 21.4 Å². The summed E-state index contributed by atoms with van der Waals surface area (Å²) in [5.41, 5.74) is 2.99. The summed E-state index contributed by atoms with van der Waals surface area (Å²) in [6.45, 7) is 0. The van der Waals surface area contributed by atoms with E-state index in [1.54, 1.807) is 48.5 Å². The number of hydrogen-bond donors (Lipinski definition) is 1. The molecule has 6 nitrogen and oxygen atoms in total. The highest BCUT2D eigenvalue weighted by Crippen LogP contribution is 2.53. The Morgan fingerprint density at radius 2 is 1.57 bits per heavy atom. The lowest BCUT2D eigenvalue weighted by atomic mass is 9.84. The van der Waals surface area contributed by atoms with Crippen LogP contribution in [0.5, 0.6) is 0 Å². The molecule has 0 spiro atoms. The maximum absolute atomic E-state index is 13.8. The van der Waals surface area contributed by atoms with E-state index in [2.05, 4.69) is 21.2 Å². The van der Waals surface area contributed by atoms with E-state index >= 15 is 0 Å². The normalized spacial score (nSPS) is 24.3. The molecule has 1 N–H and O–H groups in total. The molecule has 4 atom stereocenters. The molecule has 3 amide bonds. The van der Waals surface area contributed by atoms with Gasteiger partial charge in [-0.1, -0.05) is 51.8 Å². The second-order valence-electron chi connectivity index (χ2n) is 8.82. The first-order chi connectivity index (χ1) is 16.9. The van der Waals surface area contributed by atoms with Crippen molar-refractivity contribution in [3.63, 3.8) is 0 Å². The number of benzene rings is 3. The highest BCUT2D eigenvalue weighted by Gasteiger charge is 2.64. The zero-order valence-electron chi connectivity index (χ0n) is 18.3. The Balaban J connectivity index is 1.43. The molecule has 6 rings (SSSR count). The van der Waals surface area contributed by atoms with Crippen LogP contribution in [0.4, 0.5) is 11.4 Å². The van der Waals surface area contributed by atoms with Crippen molar-refractivity contribution >= 4 is 62.7 Å². The minimum Gasteiger partial charge on any atom is -0.357 e. The van der Waals surface area contributed by atoms with Gasteiger partial charge in [-0.2, -0.15) is 0 Å². The van der Waals surface area contributed by atoms with Crippen molar-refractivity contribution in [2.24, 2.45) is 11.8 Å². The van der Waals surface area contributed by atoms with E-state index < -0.39 is 23.9 Å². The quantitative estimate of drug-likeness (QED) is 0.454. The molecular weight excluding hydrogens is 530 g/mol. The van der Waals surface area contributed by atoms with Gasteiger partial charge in [0.05, 0.1) is 23.6 Å². The average molecular weight is 549 g/mol. The number of nitrogens with zero attached hydrogens (tertiary/aromatic N) is 2. The van der Waals surface area contributed by atoms with Gasteiger partial charge in [-0.3, -0.25) is 14.4 Å². The van der Waals surface area contributed by atoms with Crippen molar-refractivity contribution < 1.29 is 14.4 Å². The molecule has 2 fully saturated rings. The zero-order chi connectivity index (χ0) is 24.3. The second-order valence-corrected chi connectivity index (χ2v) is 10.2. The fourth-order valence-corrected chi connectivity index (χ4v) is 5.84. The van der Waals surface area contributed by atoms with Crippen LogP contribution in [0, 0.1) is 11.8 Å². The zero-order valence-corrected chi connectivity index (χ0v) is 20.6. The number of carbonyl (C=O) groups is 3. The van der Waals surface area contributed by atoms with E-state index in [1.165, 1.54) is 4.90 Å². The summed E-state index contributed by atoms with van der Waals surface area (Å²) in [7, 11) is 0. The summed E-state index contributed by atoms with van der Waals surface area (Å²) in [5.74, 6) is -2.49. The van der Waals surface area contributed by atoms with Gasteiger partial charge in [-0.15, -0.1) is 0 Å². The maximum atomic E-state index is 13.8. The van der Waals surface area contributed by atoms with E-state index in [-0.39, 0.29) is 17.7 Å². The van der Waals surface area contributed by atoms with Crippen LogP contribution in [0.3, 0.4) is 0 Å². The molecule has 2 saturated heterocycles. The van der Waals surface area contributed by atoms with Gasteiger partial charge in [0.15, 0.2) is 0 Å². The fourth-order valence-electron chi connectivity index (χ4n) is 5.45. The van der Waals surface area contributed by atoms with Crippen LogP contribution in [0.15, 0.2) is 83.5 Å². The predicted octanol–water partition coefficient (Wildman–Crippen LogP) is 5.26. The van der Waals surface area contributed by atoms with Crippen LogP contribution in [-0.2, 0) is 14.4 Å². The number of nitrogens with one attached hydrogen (secondary N) is 1. The van der Waals surface area contributed by atoms with E-state index in [0.717, 1.165) is 15.6 Å². The molecule has 3 heterocycles. The molecule has 3 aliphatic heterocycles. The molecule has 0 aromatic heterocycles. The number of carbonyl (C=O) groups excluding carboxylic acids is 3. The molecule has 0 aliphatic carbocycles. The van der Waals surface area contributed by atoms with Crippen molar-refractivity contribution in [2.45, 2.75) is 12.1 Å². The molecule has 3 aromatic rings. The summed E-state index contributed by atoms with van der Waals surface area (Å²) in [4.78, 5) is 44.4. The van der Waals surface area contributed by atoms with Crippen molar-refractivity contribution in [3.05, 3.63) is 99.6 Å². The number of hydrogen-bond acceptors (Lipinski definition) is 4. The molecular formula is C27H19BrClN3O3. The Morgan fingerprint density at radius 1 is 0.886 bits per heavy atom. The minimum atomic E-state index is -0.845. The van der Waals surface area contributed by atoms with Gasteiger partial charge in [0.1, 0.15) is 6.04 Å². The second kappa shape index (κ2) is 8.36. The molecule has 35 heavy (non-hydrogen) atoms. The number of imide groups is 1. The van der Waals surface area contributed by atoms with Crippen molar-refractivity contribution in [1.29, 1.82) is 0 Å². The van der Waals surface area contributed by atoms with Crippen LogP contribution in [-0.4, -0.2) is 28.7 Å². The SMILES string of the molecule is O=C(Nc1ccc(Cl)cc1)C1C2C(=O)N(c3ccc(Br)cc3)C(=O)C2C2c3ccccc3C=CN12. The summed E-state index contributed by atoms with van der Waals surface area (Å²) in [6.07, 6.45) is 3.76. The van der Waals surface area contributed by atoms with E-state index in [0.29, 0.717) is 16.4 Å². The number of anilines is 2. The summed E-state index contributed by atoms with van der Waals surface area (Å²) in [5, 5.41) is 3.47. The van der Waals surface area contributed by atoms with Crippen LogP contribution in [0.1, 0.15) is 17.2 Å². The standard InChI is InChI=1S/C27H19BrClN3O3/c28-16-5-11-19(12-6-16)32-26(34)21-22(27(32)35)24(25(33)30-18-9-7-17(29)8-10-18)31-14-13-15-3-1-2-4-20(15)23(21)31/h1-14,21-24H,(H,30,33). The Kier molecular flexibility index (Phi) is 5.27. The lowest BCUT2D eigenvalue weighted by molar-refractivity contribution is -0.128. The van der Waals surface area contributed by atoms with E-state index in [4.69, 9.17) is 11.6 Å². The summed E-state index contributed by atoms with van der Waals surface area (Å²) >= 11 is 9.38. The van der Waals surface area contributed by atoms with Gasteiger partial charge in [0.25, 0.3) is 0 Å².